The highest BCUT2D eigenvalue weighted by Gasteiger charge is 2.20. The molecule has 0 aliphatic rings. The molecule has 6 nitrogen and oxygen atoms in total. The van der Waals surface area contributed by atoms with Crippen molar-refractivity contribution < 1.29 is 9.59 Å². The van der Waals surface area contributed by atoms with Gasteiger partial charge in [0, 0.05) is 12.1 Å². The third kappa shape index (κ3) is 5.67. The average molecular weight is 230 g/mol. The summed E-state index contributed by atoms with van der Waals surface area (Å²) < 4.78 is 0. The van der Waals surface area contributed by atoms with Crippen molar-refractivity contribution in [3.63, 3.8) is 0 Å². The van der Waals surface area contributed by atoms with Gasteiger partial charge in [-0.25, -0.2) is 0 Å². The summed E-state index contributed by atoms with van der Waals surface area (Å²) in [4.78, 5) is 24.2. The highest BCUT2D eigenvalue weighted by atomic mass is 16.2. The first kappa shape index (κ1) is 14.9. The van der Waals surface area contributed by atoms with Gasteiger partial charge in [-0.05, 0) is 27.9 Å². The van der Waals surface area contributed by atoms with Gasteiger partial charge in [0.1, 0.15) is 0 Å². The highest BCUT2D eigenvalue weighted by molar-refractivity contribution is 5.85. The maximum absolute atomic E-state index is 11.3. The van der Waals surface area contributed by atoms with Gasteiger partial charge < -0.3 is 21.3 Å². The molecule has 0 bridgehead atoms. The molecule has 0 saturated carbocycles. The SMILES string of the molecule is CN(C)C(C)(C)CNC(=O)CNC(=O)CN. The van der Waals surface area contributed by atoms with E-state index >= 15 is 0 Å². The Labute approximate surface area is 96.5 Å². The van der Waals surface area contributed by atoms with Crippen LogP contribution in [-0.4, -0.2) is 56.0 Å². The summed E-state index contributed by atoms with van der Waals surface area (Å²) in [7, 11) is 3.89. The van der Waals surface area contributed by atoms with Crippen LogP contribution in [0.5, 0.6) is 0 Å². The standard InChI is InChI=1S/C10H22N4O2/c1-10(2,14(3)4)7-13-9(16)6-12-8(15)5-11/h5-7,11H2,1-4H3,(H,12,15)(H,13,16). The van der Waals surface area contributed by atoms with E-state index in [0.29, 0.717) is 6.54 Å². The van der Waals surface area contributed by atoms with E-state index in [9.17, 15) is 9.59 Å². The zero-order valence-corrected chi connectivity index (χ0v) is 10.5. The van der Waals surface area contributed by atoms with Crippen LogP contribution in [0.3, 0.4) is 0 Å². The van der Waals surface area contributed by atoms with Crippen molar-refractivity contribution in [2.24, 2.45) is 5.73 Å². The minimum atomic E-state index is -0.331. The fraction of sp³-hybridized carbons (Fsp3) is 0.800. The normalized spacial score (nSPS) is 11.4. The van der Waals surface area contributed by atoms with Gasteiger partial charge in [-0.1, -0.05) is 0 Å². The second kappa shape index (κ2) is 6.44. The Hall–Kier alpha value is -1.14. The third-order valence-electron chi connectivity index (χ3n) is 2.56. The number of likely N-dealkylation sites (N-methyl/N-ethyl adjacent to an activating group) is 1. The van der Waals surface area contributed by atoms with Crippen LogP contribution in [0.25, 0.3) is 0 Å². The van der Waals surface area contributed by atoms with Gasteiger partial charge in [-0.3, -0.25) is 9.59 Å². The minimum Gasteiger partial charge on any atom is -0.353 e. The van der Waals surface area contributed by atoms with E-state index in [0.717, 1.165) is 0 Å². The Morgan fingerprint density at radius 1 is 1.19 bits per heavy atom. The molecule has 94 valence electrons. The molecule has 2 amide bonds. The van der Waals surface area contributed by atoms with Crippen molar-refractivity contribution in [3.8, 4) is 0 Å². The van der Waals surface area contributed by atoms with Crippen LogP contribution in [0, 0.1) is 0 Å². The van der Waals surface area contributed by atoms with Crippen molar-refractivity contribution >= 4 is 11.8 Å². The van der Waals surface area contributed by atoms with Gasteiger partial charge in [0.2, 0.25) is 11.8 Å². The summed E-state index contributed by atoms with van der Waals surface area (Å²) in [6.07, 6.45) is 0. The Morgan fingerprint density at radius 2 is 1.75 bits per heavy atom. The number of nitrogens with two attached hydrogens (primary N) is 1. The second-order valence-corrected chi connectivity index (χ2v) is 4.46. The van der Waals surface area contributed by atoms with E-state index < -0.39 is 0 Å². The molecule has 0 aromatic carbocycles. The van der Waals surface area contributed by atoms with Crippen LogP contribution in [0.15, 0.2) is 0 Å². The van der Waals surface area contributed by atoms with Gasteiger partial charge in [-0.2, -0.15) is 0 Å². The van der Waals surface area contributed by atoms with Gasteiger partial charge in [0.15, 0.2) is 0 Å². The predicted octanol–water partition coefficient (Wildman–Crippen LogP) is -1.48. The summed E-state index contributed by atoms with van der Waals surface area (Å²) in [5.41, 5.74) is 4.97. The van der Waals surface area contributed by atoms with Crippen molar-refractivity contribution in [1.29, 1.82) is 0 Å². The summed E-state index contributed by atoms with van der Waals surface area (Å²) in [5.74, 6) is -0.543. The zero-order chi connectivity index (χ0) is 12.8. The number of amides is 2. The van der Waals surface area contributed by atoms with E-state index in [-0.39, 0.29) is 30.4 Å². The van der Waals surface area contributed by atoms with Crippen molar-refractivity contribution in [3.05, 3.63) is 0 Å². The molecule has 0 heterocycles. The molecule has 0 atom stereocenters. The van der Waals surface area contributed by atoms with Crippen LogP contribution in [0.4, 0.5) is 0 Å². The number of nitrogens with one attached hydrogen (secondary N) is 2. The molecule has 0 aliphatic carbocycles. The molecule has 16 heavy (non-hydrogen) atoms. The molecule has 0 aromatic heterocycles. The lowest BCUT2D eigenvalue weighted by atomic mass is 10.0. The number of hydrogen-bond donors (Lipinski definition) is 3. The van der Waals surface area contributed by atoms with Gasteiger partial charge in [0.05, 0.1) is 13.1 Å². The first-order chi connectivity index (χ1) is 7.29. The minimum absolute atomic E-state index is 0.0282. The highest BCUT2D eigenvalue weighted by Crippen LogP contribution is 2.07. The van der Waals surface area contributed by atoms with Crippen LogP contribution >= 0.6 is 0 Å². The first-order valence-electron chi connectivity index (χ1n) is 5.20. The quantitative estimate of drug-likeness (QED) is 0.519. The van der Waals surface area contributed by atoms with Gasteiger partial charge in [0.25, 0.3) is 0 Å². The molecule has 0 fully saturated rings. The zero-order valence-electron chi connectivity index (χ0n) is 10.5. The molecule has 4 N–H and O–H groups in total. The van der Waals surface area contributed by atoms with Crippen molar-refractivity contribution in [1.82, 2.24) is 15.5 Å². The summed E-state index contributed by atoms with van der Waals surface area (Å²) in [6, 6.07) is 0. The molecule has 0 unspecified atom stereocenters. The maximum Gasteiger partial charge on any atom is 0.239 e. The Kier molecular flexibility index (Phi) is 5.98. The molecular weight excluding hydrogens is 208 g/mol. The van der Waals surface area contributed by atoms with E-state index in [1.165, 1.54) is 0 Å². The molecule has 6 heteroatoms. The molecule has 0 rings (SSSR count). The number of hydrogen-bond acceptors (Lipinski definition) is 4. The van der Waals surface area contributed by atoms with Crippen LogP contribution < -0.4 is 16.4 Å². The summed E-state index contributed by atoms with van der Waals surface area (Å²) in [5, 5.41) is 5.16. The van der Waals surface area contributed by atoms with Crippen LogP contribution in [0.2, 0.25) is 0 Å². The number of carbonyl (C=O) groups is 2. The molecule has 0 aromatic rings. The van der Waals surface area contributed by atoms with Gasteiger partial charge >= 0.3 is 0 Å². The van der Waals surface area contributed by atoms with Crippen LogP contribution in [-0.2, 0) is 9.59 Å². The third-order valence-corrected chi connectivity index (χ3v) is 2.56. The summed E-state index contributed by atoms with van der Waals surface area (Å²) >= 11 is 0. The molecule has 0 aliphatic heterocycles. The number of rotatable bonds is 6. The van der Waals surface area contributed by atoms with Crippen molar-refractivity contribution in [2.75, 3.05) is 33.7 Å². The van der Waals surface area contributed by atoms with Crippen LogP contribution in [0.1, 0.15) is 13.8 Å². The van der Waals surface area contributed by atoms with E-state index in [4.69, 9.17) is 5.73 Å². The fourth-order valence-corrected chi connectivity index (χ4v) is 0.787. The largest absolute Gasteiger partial charge is 0.353 e. The molecule has 0 saturated heterocycles. The topological polar surface area (TPSA) is 87.5 Å². The van der Waals surface area contributed by atoms with E-state index in [1.54, 1.807) is 0 Å². The molecular formula is C10H22N4O2. The first-order valence-corrected chi connectivity index (χ1v) is 5.20. The molecule has 0 radical (unpaired) electrons. The second-order valence-electron chi connectivity index (χ2n) is 4.46. The number of carbonyl (C=O) groups excluding carboxylic acids is 2. The average Bonchev–Trinajstić information content (AvgIpc) is 2.22. The lowest BCUT2D eigenvalue weighted by Crippen LogP contribution is -2.50. The maximum atomic E-state index is 11.3. The Balaban J connectivity index is 3.86. The Bertz CT molecular complexity index is 251. The number of nitrogens with zero attached hydrogens (tertiary/aromatic N) is 1. The lowest BCUT2D eigenvalue weighted by molar-refractivity contribution is -0.125. The van der Waals surface area contributed by atoms with Crippen molar-refractivity contribution in [2.45, 2.75) is 19.4 Å². The Morgan fingerprint density at radius 3 is 2.19 bits per heavy atom. The monoisotopic (exact) mass is 230 g/mol. The van der Waals surface area contributed by atoms with Gasteiger partial charge in [-0.15, -0.1) is 0 Å². The molecule has 0 spiro atoms. The van der Waals surface area contributed by atoms with E-state index in [1.807, 2.05) is 32.8 Å². The fourth-order valence-electron chi connectivity index (χ4n) is 0.787. The lowest BCUT2D eigenvalue weighted by Gasteiger charge is -2.32. The predicted molar refractivity (Wildman–Crippen MR) is 62.8 cm³/mol. The smallest absolute Gasteiger partial charge is 0.239 e. The summed E-state index contributed by atoms with van der Waals surface area (Å²) in [6.45, 7) is 4.44. The van der Waals surface area contributed by atoms with E-state index in [2.05, 4.69) is 10.6 Å².